The fraction of sp³-hybridized carbons (Fsp3) is 0.704. The standard InChI is InChI=1S/C27H43ClO4/c1-2-3-4-5-8-11-14-21-31-26(29)18-12-9-6-7-10-13-19-27(30)32-22-20-24-16-15-17-25(28)23-24/h15-17,23H,2-14,18-22H2,1H3. The number of unbranched alkanes of at least 4 members (excludes halogenated alkanes) is 11. The van der Waals surface area contributed by atoms with Crippen molar-refractivity contribution in [3.05, 3.63) is 34.9 Å². The van der Waals surface area contributed by atoms with Crippen molar-refractivity contribution in [3.8, 4) is 0 Å². The fourth-order valence-electron chi connectivity index (χ4n) is 3.61. The van der Waals surface area contributed by atoms with Crippen molar-refractivity contribution in [2.75, 3.05) is 13.2 Å². The summed E-state index contributed by atoms with van der Waals surface area (Å²) in [5, 5.41) is 0.703. The fourth-order valence-corrected chi connectivity index (χ4v) is 3.82. The second kappa shape index (κ2) is 20.1. The molecule has 1 aromatic carbocycles. The van der Waals surface area contributed by atoms with Crippen LogP contribution < -0.4 is 0 Å². The van der Waals surface area contributed by atoms with Crippen LogP contribution >= 0.6 is 11.6 Å². The predicted octanol–water partition coefficient (Wildman–Crippen LogP) is 7.84. The van der Waals surface area contributed by atoms with Gasteiger partial charge in [0, 0.05) is 24.3 Å². The maximum atomic E-state index is 11.8. The molecule has 0 heterocycles. The molecular weight excluding hydrogens is 424 g/mol. The van der Waals surface area contributed by atoms with E-state index in [-0.39, 0.29) is 11.9 Å². The number of hydrogen-bond donors (Lipinski definition) is 0. The molecular formula is C27H43ClO4. The number of halogens is 1. The quantitative estimate of drug-likeness (QED) is 0.145. The van der Waals surface area contributed by atoms with Gasteiger partial charge in [0.1, 0.15) is 0 Å². The van der Waals surface area contributed by atoms with Crippen molar-refractivity contribution in [1.29, 1.82) is 0 Å². The van der Waals surface area contributed by atoms with E-state index in [1.165, 1.54) is 32.1 Å². The zero-order valence-electron chi connectivity index (χ0n) is 20.0. The molecule has 0 saturated carbocycles. The molecule has 5 heteroatoms. The Morgan fingerprint density at radius 2 is 1.25 bits per heavy atom. The van der Waals surface area contributed by atoms with Crippen LogP contribution in [0.2, 0.25) is 5.02 Å². The van der Waals surface area contributed by atoms with Gasteiger partial charge in [0.25, 0.3) is 0 Å². The predicted molar refractivity (Wildman–Crippen MR) is 132 cm³/mol. The summed E-state index contributed by atoms with van der Waals surface area (Å²) < 4.78 is 10.6. The minimum atomic E-state index is -0.129. The summed E-state index contributed by atoms with van der Waals surface area (Å²) >= 11 is 5.95. The maximum absolute atomic E-state index is 11.8. The van der Waals surface area contributed by atoms with Crippen molar-refractivity contribution in [1.82, 2.24) is 0 Å². The molecule has 32 heavy (non-hydrogen) atoms. The van der Waals surface area contributed by atoms with Gasteiger partial charge in [-0.1, -0.05) is 94.9 Å². The Hall–Kier alpha value is -1.55. The number of rotatable bonds is 20. The van der Waals surface area contributed by atoms with Crippen LogP contribution in [0.25, 0.3) is 0 Å². The van der Waals surface area contributed by atoms with E-state index in [2.05, 4.69) is 6.92 Å². The minimum Gasteiger partial charge on any atom is -0.466 e. The molecule has 182 valence electrons. The molecule has 0 unspecified atom stereocenters. The first-order chi connectivity index (χ1) is 15.6. The average Bonchev–Trinajstić information content (AvgIpc) is 2.77. The van der Waals surface area contributed by atoms with Gasteiger partial charge >= 0.3 is 11.9 Å². The third-order valence-electron chi connectivity index (χ3n) is 5.57. The van der Waals surface area contributed by atoms with E-state index in [0.717, 1.165) is 56.9 Å². The van der Waals surface area contributed by atoms with Crippen molar-refractivity contribution in [3.63, 3.8) is 0 Å². The van der Waals surface area contributed by atoms with Gasteiger partial charge in [-0.2, -0.15) is 0 Å². The molecule has 1 rings (SSSR count). The largest absolute Gasteiger partial charge is 0.466 e. The molecule has 1 aromatic rings. The molecule has 0 radical (unpaired) electrons. The van der Waals surface area contributed by atoms with Crippen LogP contribution in [0.1, 0.15) is 109 Å². The summed E-state index contributed by atoms with van der Waals surface area (Å²) in [6.45, 7) is 3.20. The molecule has 0 aliphatic rings. The first kappa shape index (κ1) is 28.5. The smallest absolute Gasteiger partial charge is 0.305 e. The lowest BCUT2D eigenvalue weighted by molar-refractivity contribution is -0.144. The third kappa shape index (κ3) is 17.1. The van der Waals surface area contributed by atoms with Crippen LogP contribution in [0.3, 0.4) is 0 Å². The highest BCUT2D eigenvalue weighted by Gasteiger charge is 2.05. The zero-order valence-corrected chi connectivity index (χ0v) is 20.8. The van der Waals surface area contributed by atoms with Crippen molar-refractivity contribution in [2.45, 2.75) is 110 Å². The number of esters is 2. The Labute approximate surface area is 200 Å². The van der Waals surface area contributed by atoms with E-state index < -0.39 is 0 Å². The SMILES string of the molecule is CCCCCCCCCOC(=O)CCCCCCCCC(=O)OCCc1cccc(Cl)c1. The summed E-state index contributed by atoms with van der Waals surface area (Å²) in [5.41, 5.74) is 1.08. The van der Waals surface area contributed by atoms with Gasteiger partial charge in [0.15, 0.2) is 0 Å². The monoisotopic (exact) mass is 466 g/mol. The number of carbonyl (C=O) groups excluding carboxylic acids is 2. The molecule has 0 saturated heterocycles. The zero-order chi connectivity index (χ0) is 23.3. The highest BCUT2D eigenvalue weighted by Crippen LogP contribution is 2.12. The van der Waals surface area contributed by atoms with Crippen LogP contribution in [0.4, 0.5) is 0 Å². The van der Waals surface area contributed by atoms with Crippen molar-refractivity contribution >= 4 is 23.5 Å². The highest BCUT2D eigenvalue weighted by atomic mass is 35.5. The summed E-state index contributed by atoms with van der Waals surface area (Å²) in [6.07, 6.45) is 16.3. The van der Waals surface area contributed by atoms with E-state index in [9.17, 15) is 9.59 Å². The van der Waals surface area contributed by atoms with Gasteiger partial charge in [-0.15, -0.1) is 0 Å². The first-order valence-corrected chi connectivity index (χ1v) is 13.0. The molecule has 0 aliphatic carbocycles. The van der Waals surface area contributed by atoms with Gasteiger partial charge in [0.05, 0.1) is 13.2 Å². The van der Waals surface area contributed by atoms with Gasteiger partial charge in [-0.05, 0) is 37.0 Å². The highest BCUT2D eigenvalue weighted by molar-refractivity contribution is 6.30. The molecule has 0 atom stereocenters. The van der Waals surface area contributed by atoms with Gasteiger partial charge < -0.3 is 9.47 Å². The van der Waals surface area contributed by atoms with Crippen LogP contribution in [-0.2, 0) is 25.5 Å². The molecule has 0 aliphatic heterocycles. The Balaban J connectivity index is 1.84. The second-order valence-corrected chi connectivity index (χ2v) is 9.00. The lowest BCUT2D eigenvalue weighted by Gasteiger charge is -2.06. The summed E-state index contributed by atoms with van der Waals surface area (Å²) in [4.78, 5) is 23.5. The first-order valence-electron chi connectivity index (χ1n) is 12.7. The van der Waals surface area contributed by atoms with E-state index in [1.807, 2.05) is 24.3 Å². The minimum absolute atomic E-state index is 0.0588. The van der Waals surface area contributed by atoms with E-state index in [4.69, 9.17) is 21.1 Å². The Morgan fingerprint density at radius 1 is 0.719 bits per heavy atom. The van der Waals surface area contributed by atoms with Crippen LogP contribution in [-0.4, -0.2) is 25.2 Å². The van der Waals surface area contributed by atoms with Gasteiger partial charge in [-0.25, -0.2) is 0 Å². The number of benzene rings is 1. The molecule has 0 fully saturated rings. The van der Waals surface area contributed by atoms with Crippen LogP contribution in [0, 0.1) is 0 Å². The van der Waals surface area contributed by atoms with Gasteiger partial charge in [-0.3, -0.25) is 9.59 Å². The average molecular weight is 467 g/mol. The Kier molecular flexibility index (Phi) is 17.9. The molecule has 0 bridgehead atoms. The van der Waals surface area contributed by atoms with Crippen molar-refractivity contribution in [2.24, 2.45) is 0 Å². The lowest BCUT2D eigenvalue weighted by atomic mass is 10.1. The summed E-state index contributed by atoms with van der Waals surface area (Å²) in [6, 6.07) is 7.61. The number of hydrogen-bond acceptors (Lipinski definition) is 4. The second-order valence-electron chi connectivity index (χ2n) is 8.56. The van der Waals surface area contributed by atoms with Crippen LogP contribution in [0.15, 0.2) is 24.3 Å². The van der Waals surface area contributed by atoms with E-state index in [0.29, 0.717) is 37.5 Å². The Morgan fingerprint density at radius 3 is 1.84 bits per heavy atom. The third-order valence-corrected chi connectivity index (χ3v) is 5.80. The Bertz CT molecular complexity index is 617. The van der Waals surface area contributed by atoms with Gasteiger partial charge in [0.2, 0.25) is 0 Å². The summed E-state index contributed by atoms with van der Waals surface area (Å²) in [7, 11) is 0. The molecule has 0 spiro atoms. The van der Waals surface area contributed by atoms with E-state index >= 15 is 0 Å². The molecule has 4 nitrogen and oxygen atoms in total. The topological polar surface area (TPSA) is 52.6 Å². The maximum Gasteiger partial charge on any atom is 0.305 e. The lowest BCUT2D eigenvalue weighted by Crippen LogP contribution is -2.07. The molecule has 0 amide bonds. The number of carbonyl (C=O) groups is 2. The van der Waals surface area contributed by atoms with E-state index in [1.54, 1.807) is 0 Å². The van der Waals surface area contributed by atoms with Crippen molar-refractivity contribution < 1.29 is 19.1 Å². The number of ether oxygens (including phenoxy) is 2. The molecule has 0 aromatic heterocycles. The molecule has 0 N–H and O–H groups in total. The normalized spacial score (nSPS) is 10.8. The summed E-state index contributed by atoms with van der Waals surface area (Å²) in [5.74, 6) is -0.188. The van der Waals surface area contributed by atoms with Crippen LogP contribution in [0.5, 0.6) is 0 Å².